The summed E-state index contributed by atoms with van der Waals surface area (Å²) in [4.78, 5) is 11.4. The molecule has 0 radical (unpaired) electrons. The fourth-order valence-electron chi connectivity index (χ4n) is 2.26. The summed E-state index contributed by atoms with van der Waals surface area (Å²) in [5.74, 6) is 4.84. The molecule has 0 saturated heterocycles. The van der Waals surface area contributed by atoms with Crippen LogP contribution in [0.25, 0.3) is 0 Å². The van der Waals surface area contributed by atoms with Gasteiger partial charge in [0, 0.05) is 5.69 Å². The number of nitrogen functional groups attached to an aromatic ring is 1. The average molecular weight is 284 g/mol. The Balaban J connectivity index is 2.33. The predicted molar refractivity (Wildman–Crippen MR) is 84.2 cm³/mol. The van der Waals surface area contributed by atoms with Gasteiger partial charge in [-0.15, -0.1) is 0 Å². The van der Waals surface area contributed by atoms with Crippen molar-refractivity contribution in [3.05, 3.63) is 65.2 Å². The van der Waals surface area contributed by atoms with Gasteiger partial charge in [0.2, 0.25) is 5.91 Å². The van der Waals surface area contributed by atoms with Crippen LogP contribution >= 0.6 is 0 Å². The van der Waals surface area contributed by atoms with Gasteiger partial charge in [-0.3, -0.25) is 15.5 Å². The normalized spacial score (nSPS) is 11.9. The molecule has 0 aliphatic rings. The van der Waals surface area contributed by atoms with Crippen LogP contribution in [0.1, 0.15) is 22.7 Å². The number of carbonyl (C=O) groups excluding carboxylic acids is 1. The molecule has 0 aliphatic heterocycles. The fourth-order valence-corrected chi connectivity index (χ4v) is 2.26. The third-order valence-electron chi connectivity index (χ3n) is 3.31. The fraction of sp³-hybridized carbons (Fsp3) is 0.188. The highest BCUT2D eigenvalue weighted by molar-refractivity contribution is 5.77. The van der Waals surface area contributed by atoms with E-state index in [2.05, 4.69) is 10.7 Å². The summed E-state index contributed by atoms with van der Waals surface area (Å²) in [5, 5.41) is 3.19. The van der Waals surface area contributed by atoms with Gasteiger partial charge >= 0.3 is 0 Å². The summed E-state index contributed by atoms with van der Waals surface area (Å²) in [7, 11) is 0. The van der Waals surface area contributed by atoms with Crippen molar-refractivity contribution < 1.29 is 4.79 Å². The van der Waals surface area contributed by atoms with Crippen LogP contribution in [0.5, 0.6) is 0 Å². The molecule has 2 aromatic rings. The number of aryl methyl sites for hydroxylation is 1. The number of hydrogen-bond acceptors (Lipinski definition) is 4. The molecule has 0 saturated carbocycles. The van der Waals surface area contributed by atoms with E-state index in [0.717, 1.165) is 16.7 Å². The predicted octanol–water partition coefficient (Wildman–Crippen LogP) is 1.25. The molecular weight excluding hydrogens is 264 g/mol. The monoisotopic (exact) mass is 284 g/mol. The third kappa shape index (κ3) is 3.81. The Bertz CT molecular complexity index is 613. The summed E-state index contributed by atoms with van der Waals surface area (Å²) in [6, 6.07) is 15.6. The highest BCUT2D eigenvalue weighted by Gasteiger charge is 2.17. The van der Waals surface area contributed by atoms with E-state index in [1.165, 1.54) is 0 Å². The molecule has 0 fully saturated rings. The van der Waals surface area contributed by atoms with Gasteiger partial charge in [-0.25, -0.2) is 5.84 Å². The summed E-state index contributed by atoms with van der Waals surface area (Å²) < 4.78 is 0. The highest BCUT2D eigenvalue weighted by Crippen LogP contribution is 2.27. The first-order valence-electron chi connectivity index (χ1n) is 6.75. The molecular formula is C16H20N4O. The van der Waals surface area contributed by atoms with Crippen LogP contribution in [0.4, 0.5) is 5.69 Å². The SMILES string of the molecule is Cc1ccc([C@@H](NCC(=O)NN)c2ccccc2)c(N)c1. The van der Waals surface area contributed by atoms with E-state index in [9.17, 15) is 4.79 Å². The molecule has 1 amide bonds. The van der Waals surface area contributed by atoms with Crippen molar-refractivity contribution in [1.82, 2.24) is 10.7 Å². The number of anilines is 1. The van der Waals surface area contributed by atoms with Crippen LogP contribution < -0.4 is 22.3 Å². The smallest absolute Gasteiger partial charge is 0.247 e. The molecule has 2 aromatic carbocycles. The van der Waals surface area contributed by atoms with Crippen molar-refractivity contribution in [2.75, 3.05) is 12.3 Å². The van der Waals surface area contributed by atoms with Gasteiger partial charge in [-0.2, -0.15) is 0 Å². The minimum Gasteiger partial charge on any atom is -0.398 e. The molecule has 1 atom stereocenters. The maximum absolute atomic E-state index is 11.4. The van der Waals surface area contributed by atoms with Gasteiger partial charge < -0.3 is 5.73 Å². The first-order chi connectivity index (χ1) is 10.1. The number of nitrogens with two attached hydrogens (primary N) is 2. The number of rotatable bonds is 5. The molecule has 0 unspecified atom stereocenters. The minimum absolute atomic E-state index is 0.114. The molecule has 0 heterocycles. The zero-order valence-corrected chi connectivity index (χ0v) is 12.0. The van der Waals surface area contributed by atoms with Crippen LogP contribution in [0, 0.1) is 6.92 Å². The number of carbonyl (C=O) groups is 1. The van der Waals surface area contributed by atoms with Crippen molar-refractivity contribution in [1.29, 1.82) is 0 Å². The lowest BCUT2D eigenvalue weighted by molar-refractivity contribution is -0.120. The van der Waals surface area contributed by atoms with Gasteiger partial charge in [0.15, 0.2) is 0 Å². The molecule has 5 heteroatoms. The standard InChI is InChI=1S/C16H20N4O/c1-11-7-8-13(14(17)9-11)16(19-10-15(21)20-18)12-5-3-2-4-6-12/h2-9,16,19H,10,17-18H2,1H3,(H,20,21)/t16-/m0/s1. The number of benzene rings is 2. The second kappa shape index (κ2) is 6.88. The molecule has 6 N–H and O–H groups in total. The summed E-state index contributed by atoms with van der Waals surface area (Å²) in [6.07, 6.45) is 0. The largest absolute Gasteiger partial charge is 0.398 e. The van der Waals surface area contributed by atoms with E-state index >= 15 is 0 Å². The second-order valence-corrected chi connectivity index (χ2v) is 4.92. The number of nitrogens with one attached hydrogen (secondary N) is 2. The van der Waals surface area contributed by atoms with Gasteiger partial charge in [-0.1, -0.05) is 42.5 Å². The van der Waals surface area contributed by atoms with Crippen molar-refractivity contribution in [2.24, 2.45) is 5.84 Å². The molecule has 110 valence electrons. The topological polar surface area (TPSA) is 93.2 Å². The first kappa shape index (κ1) is 15.0. The lowest BCUT2D eigenvalue weighted by atomic mass is 9.96. The maximum Gasteiger partial charge on any atom is 0.247 e. The Morgan fingerprint density at radius 1 is 1.19 bits per heavy atom. The summed E-state index contributed by atoms with van der Waals surface area (Å²) >= 11 is 0. The molecule has 0 spiro atoms. The minimum atomic E-state index is -0.276. The molecule has 21 heavy (non-hydrogen) atoms. The summed E-state index contributed by atoms with van der Waals surface area (Å²) in [5.41, 5.74) is 12.0. The van der Waals surface area contributed by atoms with Crippen molar-refractivity contribution in [3.63, 3.8) is 0 Å². The molecule has 0 aliphatic carbocycles. The Hall–Kier alpha value is -2.37. The molecule has 0 bridgehead atoms. The Morgan fingerprint density at radius 3 is 2.52 bits per heavy atom. The van der Waals surface area contributed by atoms with Gasteiger partial charge in [0.25, 0.3) is 0 Å². The van der Waals surface area contributed by atoms with E-state index in [4.69, 9.17) is 11.6 Å². The van der Waals surface area contributed by atoms with E-state index in [0.29, 0.717) is 5.69 Å². The van der Waals surface area contributed by atoms with Gasteiger partial charge in [-0.05, 0) is 29.7 Å². The highest BCUT2D eigenvalue weighted by atomic mass is 16.2. The van der Waals surface area contributed by atoms with Gasteiger partial charge in [0.1, 0.15) is 0 Å². The second-order valence-electron chi connectivity index (χ2n) is 4.92. The quantitative estimate of drug-likeness (QED) is 0.288. The first-order valence-corrected chi connectivity index (χ1v) is 6.75. The van der Waals surface area contributed by atoms with Crippen LogP contribution in [-0.4, -0.2) is 12.5 Å². The summed E-state index contributed by atoms with van der Waals surface area (Å²) in [6.45, 7) is 2.11. The maximum atomic E-state index is 11.4. The van der Waals surface area contributed by atoms with E-state index in [1.807, 2.05) is 55.5 Å². The van der Waals surface area contributed by atoms with E-state index in [-0.39, 0.29) is 18.5 Å². The molecule has 2 rings (SSSR count). The third-order valence-corrected chi connectivity index (χ3v) is 3.31. The Morgan fingerprint density at radius 2 is 1.90 bits per heavy atom. The van der Waals surface area contributed by atoms with E-state index in [1.54, 1.807) is 0 Å². The van der Waals surface area contributed by atoms with Crippen LogP contribution in [0.3, 0.4) is 0 Å². The zero-order valence-electron chi connectivity index (χ0n) is 12.0. The van der Waals surface area contributed by atoms with Crippen molar-refractivity contribution in [2.45, 2.75) is 13.0 Å². The zero-order chi connectivity index (χ0) is 15.2. The van der Waals surface area contributed by atoms with Crippen LogP contribution in [0.15, 0.2) is 48.5 Å². The lowest BCUT2D eigenvalue weighted by Gasteiger charge is -2.21. The van der Waals surface area contributed by atoms with Crippen molar-refractivity contribution in [3.8, 4) is 0 Å². The number of hydrogen-bond donors (Lipinski definition) is 4. The van der Waals surface area contributed by atoms with Crippen LogP contribution in [-0.2, 0) is 4.79 Å². The van der Waals surface area contributed by atoms with Crippen molar-refractivity contribution >= 4 is 11.6 Å². The lowest BCUT2D eigenvalue weighted by Crippen LogP contribution is -2.39. The molecule has 0 aromatic heterocycles. The molecule has 5 nitrogen and oxygen atoms in total. The number of hydrazine groups is 1. The van der Waals surface area contributed by atoms with E-state index < -0.39 is 0 Å². The average Bonchev–Trinajstić information content (AvgIpc) is 2.50. The van der Waals surface area contributed by atoms with Crippen LogP contribution in [0.2, 0.25) is 0 Å². The Labute approximate surface area is 124 Å². The number of amides is 1. The Kier molecular flexibility index (Phi) is 4.92. The van der Waals surface area contributed by atoms with Gasteiger partial charge in [0.05, 0.1) is 12.6 Å².